The van der Waals surface area contributed by atoms with Crippen LogP contribution in [0.5, 0.6) is 5.75 Å². The summed E-state index contributed by atoms with van der Waals surface area (Å²) in [7, 11) is 0. The van der Waals surface area contributed by atoms with E-state index in [1.165, 1.54) is 16.5 Å². The molecular weight excluding hydrogens is 172 g/mol. The second kappa shape index (κ2) is 3.33. The predicted octanol–water partition coefficient (Wildman–Crippen LogP) is 3.42. The maximum atomic E-state index is 9.38. The van der Waals surface area contributed by atoms with Gasteiger partial charge in [-0.05, 0) is 41.8 Å². The zero-order valence-electron chi connectivity index (χ0n) is 8.54. The highest BCUT2D eigenvalue weighted by molar-refractivity contribution is 5.87. The van der Waals surface area contributed by atoms with E-state index in [0.717, 1.165) is 11.8 Å². The van der Waals surface area contributed by atoms with Crippen molar-refractivity contribution >= 4 is 10.8 Å². The molecule has 72 valence electrons. The average Bonchev–Trinajstić information content (AvgIpc) is 2.15. The molecule has 0 aliphatic rings. The van der Waals surface area contributed by atoms with Crippen LogP contribution in [0.25, 0.3) is 10.8 Å². The van der Waals surface area contributed by atoms with E-state index in [-0.39, 0.29) is 0 Å². The monoisotopic (exact) mass is 186 g/mol. The molecule has 2 aromatic carbocycles. The molecule has 0 aromatic heterocycles. The van der Waals surface area contributed by atoms with Crippen LogP contribution < -0.4 is 0 Å². The molecule has 14 heavy (non-hydrogen) atoms. The van der Waals surface area contributed by atoms with Gasteiger partial charge < -0.3 is 5.11 Å². The molecule has 1 N–H and O–H groups in total. The van der Waals surface area contributed by atoms with Gasteiger partial charge in [-0.1, -0.05) is 30.7 Å². The molecule has 0 unspecified atom stereocenters. The lowest BCUT2D eigenvalue weighted by Crippen LogP contribution is -1.85. The standard InChI is InChI=1S/C13H14O/c1-3-10-6-9(2)7-11-8-12(14)4-5-13(10)11/h4-8,14H,3H2,1-2H3. The minimum absolute atomic E-state index is 0.338. The number of fused-ring (bicyclic) bond motifs is 1. The Balaban J connectivity index is 2.81. The second-order valence-corrected chi connectivity index (χ2v) is 3.68. The molecule has 0 fully saturated rings. The van der Waals surface area contributed by atoms with Crippen molar-refractivity contribution in [1.82, 2.24) is 0 Å². The third kappa shape index (κ3) is 1.46. The Morgan fingerprint density at radius 3 is 2.64 bits per heavy atom. The quantitative estimate of drug-likeness (QED) is 0.723. The maximum Gasteiger partial charge on any atom is 0.116 e. The van der Waals surface area contributed by atoms with Crippen LogP contribution in [-0.2, 0) is 6.42 Å². The molecule has 1 heteroatoms. The molecule has 2 aromatic rings. The molecule has 0 aliphatic carbocycles. The van der Waals surface area contributed by atoms with Gasteiger partial charge in [-0.15, -0.1) is 0 Å². The van der Waals surface area contributed by atoms with Crippen molar-refractivity contribution in [3.05, 3.63) is 41.5 Å². The summed E-state index contributed by atoms with van der Waals surface area (Å²) in [5, 5.41) is 11.8. The average molecular weight is 186 g/mol. The zero-order valence-corrected chi connectivity index (χ0v) is 8.54. The van der Waals surface area contributed by atoms with Gasteiger partial charge in [0, 0.05) is 0 Å². The van der Waals surface area contributed by atoms with Crippen LogP contribution in [0.15, 0.2) is 30.3 Å². The van der Waals surface area contributed by atoms with Crippen LogP contribution in [0, 0.1) is 6.92 Å². The Morgan fingerprint density at radius 2 is 1.93 bits per heavy atom. The van der Waals surface area contributed by atoms with E-state index >= 15 is 0 Å². The number of phenolic OH excluding ortho intramolecular Hbond substituents is 1. The first kappa shape index (κ1) is 9.07. The minimum Gasteiger partial charge on any atom is -0.508 e. The van der Waals surface area contributed by atoms with Crippen LogP contribution in [0.3, 0.4) is 0 Å². The highest BCUT2D eigenvalue weighted by Crippen LogP contribution is 2.25. The van der Waals surface area contributed by atoms with Gasteiger partial charge in [0.25, 0.3) is 0 Å². The Labute approximate surface area is 84.0 Å². The lowest BCUT2D eigenvalue weighted by atomic mass is 10.00. The fraction of sp³-hybridized carbons (Fsp3) is 0.231. The van der Waals surface area contributed by atoms with Gasteiger partial charge in [-0.3, -0.25) is 0 Å². The summed E-state index contributed by atoms with van der Waals surface area (Å²) in [5.41, 5.74) is 2.60. The molecule has 0 aliphatic heterocycles. The van der Waals surface area contributed by atoms with Crippen molar-refractivity contribution in [2.75, 3.05) is 0 Å². The number of hydrogen-bond acceptors (Lipinski definition) is 1. The summed E-state index contributed by atoms with van der Waals surface area (Å²) in [4.78, 5) is 0. The number of aromatic hydroxyl groups is 1. The first-order valence-corrected chi connectivity index (χ1v) is 4.93. The smallest absolute Gasteiger partial charge is 0.116 e. The molecule has 0 radical (unpaired) electrons. The van der Waals surface area contributed by atoms with Gasteiger partial charge >= 0.3 is 0 Å². The summed E-state index contributed by atoms with van der Waals surface area (Å²) >= 11 is 0. The molecule has 0 heterocycles. The Hall–Kier alpha value is -1.50. The molecular formula is C13H14O. The van der Waals surface area contributed by atoms with Crippen LogP contribution in [0.4, 0.5) is 0 Å². The van der Waals surface area contributed by atoms with Crippen LogP contribution in [-0.4, -0.2) is 5.11 Å². The zero-order chi connectivity index (χ0) is 10.1. The van der Waals surface area contributed by atoms with Crippen molar-refractivity contribution < 1.29 is 5.11 Å². The fourth-order valence-corrected chi connectivity index (χ4v) is 1.89. The Kier molecular flexibility index (Phi) is 2.16. The summed E-state index contributed by atoms with van der Waals surface area (Å²) in [6.45, 7) is 4.24. The molecule has 0 amide bonds. The fourth-order valence-electron chi connectivity index (χ4n) is 1.89. The third-order valence-corrected chi connectivity index (χ3v) is 2.55. The summed E-state index contributed by atoms with van der Waals surface area (Å²) < 4.78 is 0. The molecule has 0 atom stereocenters. The maximum absolute atomic E-state index is 9.38. The second-order valence-electron chi connectivity index (χ2n) is 3.68. The van der Waals surface area contributed by atoms with Gasteiger partial charge in [0.05, 0.1) is 0 Å². The number of aryl methyl sites for hydroxylation is 2. The van der Waals surface area contributed by atoms with E-state index in [1.807, 2.05) is 12.1 Å². The van der Waals surface area contributed by atoms with E-state index < -0.39 is 0 Å². The SMILES string of the molecule is CCc1cc(C)cc2cc(O)ccc12. The van der Waals surface area contributed by atoms with Crippen molar-refractivity contribution in [2.45, 2.75) is 20.3 Å². The first-order valence-electron chi connectivity index (χ1n) is 4.93. The number of rotatable bonds is 1. The van der Waals surface area contributed by atoms with E-state index in [4.69, 9.17) is 0 Å². The molecule has 0 saturated heterocycles. The first-order chi connectivity index (χ1) is 6.70. The summed E-state index contributed by atoms with van der Waals surface area (Å²) in [6, 6.07) is 9.87. The summed E-state index contributed by atoms with van der Waals surface area (Å²) in [6.07, 6.45) is 1.03. The summed E-state index contributed by atoms with van der Waals surface area (Å²) in [5.74, 6) is 0.338. The highest BCUT2D eigenvalue weighted by Gasteiger charge is 2.01. The highest BCUT2D eigenvalue weighted by atomic mass is 16.3. The van der Waals surface area contributed by atoms with E-state index in [2.05, 4.69) is 26.0 Å². The number of hydrogen-bond donors (Lipinski definition) is 1. The van der Waals surface area contributed by atoms with Gasteiger partial charge in [0.1, 0.15) is 5.75 Å². The van der Waals surface area contributed by atoms with Crippen molar-refractivity contribution in [3.8, 4) is 5.75 Å². The van der Waals surface area contributed by atoms with Gasteiger partial charge in [-0.25, -0.2) is 0 Å². The predicted molar refractivity (Wildman–Crippen MR) is 59.7 cm³/mol. The van der Waals surface area contributed by atoms with Crippen LogP contribution >= 0.6 is 0 Å². The lowest BCUT2D eigenvalue weighted by molar-refractivity contribution is 0.476. The van der Waals surface area contributed by atoms with Crippen LogP contribution in [0.2, 0.25) is 0 Å². The van der Waals surface area contributed by atoms with Crippen molar-refractivity contribution in [3.63, 3.8) is 0 Å². The third-order valence-electron chi connectivity index (χ3n) is 2.55. The molecule has 1 nitrogen and oxygen atoms in total. The topological polar surface area (TPSA) is 20.2 Å². The Bertz CT molecular complexity index is 467. The van der Waals surface area contributed by atoms with Gasteiger partial charge in [-0.2, -0.15) is 0 Å². The van der Waals surface area contributed by atoms with E-state index in [1.54, 1.807) is 6.07 Å². The number of phenols is 1. The van der Waals surface area contributed by atoms with E-state index in [9.17, 15) is 5.11 Å². The Morgan fingerprint density at radius 1 is 1.14 bits per heavy atom. The number of benzene rings is 2. The normalized spacial score (nSPS) is 10.7. The van der Waals surface area contributed by atoms with Crippen molar-refractivity contribution in [1.29, 1.82) is 0 Å². The van der Waals surface area contributed by atoms with Gasteiger partial charge in [0.2, 0.25) is 0 Å². The van der Waals surface area contributed by atoms with Crippen molar-refractivity contribution in [2.24, 2.45) is 0 Å². The van der Waals surface area contributed by atoms with Crippen LogP contribution in [0.1, 0.15) is 18.1 Å². The molecule has 0 saturated carbocycles. The van der Waals surface area contributed by atoms with Gasteiger partial charge in [0.15, 0.2) is 0 Å². The lowest BCUT2D eigenvalue weighted by Gasteiger charge is -2.06. The molecule has 0 bridgehead atoms. The molecule has 0 spiro atoms. The largest absolute Gasteiger partial charge is 0.508 e. The molecule has 2 rings (SSSR count). The van der Waals surface area contributed by atoms with E-state index in [0.29, 0.717) is 5.75 Å². The minimum atomic E-state index is 0.338.